The van der Waals surface area contributed by atoms with Crippen molar-refractivity contribution in [1.82, 2.24) is 4.90 Å². The summed E-state index contributed by atoms with van der Waals surface area (Å²) in [6, 6.07) is 3.59. The number of hydrogen-bond donors (Lipinski definition) is 1. The molecule has 0 aliphatic carbocycles. The SMILES string of the molecule is CC(C)N(C=O)C(C(=O)O)c1ccc(Br)c(Cl)c1. The molecule has 1 amide bonds. The Labute approximate surface area is 119 Å². The number of hydrogen-bond acceptors (Lipinski definition) is 2. The fourth-order valence-electron chi connectivity index (χ4n) is 1.61. The van der Waals surface area contributed by atoms with E-state index in [0.29, 0.717) is 21.5 Å². The molecule has 1 aromatic carbocycles. The highest BCUT2D eigenvalue weighted by molar-refractivity contribution is 9.10. The lowest BCUT2D eigenvalue weighted by Gasteiger charge is -2.29. The number of amides is 1. The lowest BCUT2D eigenvalue weighted by molar-refractivity contribution is -0.147. The van der Waals surface area contributed by atoms with E-state index in [1.165, 1.54) is 4.90 Å². The number of nitrogens with zero attached hydrogens (tertiary/aromatic N) is 1. The zero-order chi connectivity index (χ0) is 13.9. The molecule has 18 heavy (non-hydrogen) atoms. The third-order valence-corrected chi connectivity index (χ3v) is 3.74. The first-order valence-electron chi connectivity index (χ1n) is 5.29. The summed E-state index contributed by atoms with van der Waals surface area (Å²) < 4.78 is 0.680. The van der Waals surface area contributed by atoms with Gasteiger partial charge in [0.2, 0.25) is 6.41 Å². The van der Waals surface area contributed by atoms with Gasteiger partial charge in [0.05, 0.1) is 5.02 Å². The van der Waals surface area contributed by atoms with Gasteiger partial charge in [-0.2, -0.15) is 0 Å². The molecule has 1 unspecified atom stereocenters. The van der Waals surface area contributed by atoms with Crippen LogP contribution in [0.3, 0.4) is 0 Å². The number of carboxylic acid groups (broad SMARTS) is 1. The summed E-state index contributed by atoms with van der Waals surface area (Å²) in [5.74, 6) is -1.09. The maximum absolute atomic E-state index is 11.3. The van der Waals surface area contributed by atoms with Crippen LogP contribution in [0, 0.1) is 0 Å². The Morgan fingerprint density at radius 3 is 2.50 bits per heavy atom. The molecule has 0 bridgehead atoms. The van der Waals surface area contributed by atoms with Gasteiger partial charge in [0.25, 0.3) is 0 Å². The Morgan fingerprint density at radius 2 is 2.11 bits per heavy atom. The average Bonchev–Trinajstić information content (AvgIpc) is 2.28. The van der Waals surface area contributed by atoms with Gasteiger partial charge >= 0.3 is 5.97 Å². The lowest BCUT2D eigenvalue weighted by Crippen LogP contribution is -2.38. The molecule has 0 heterocycles. The van der Waals surface area contributed by atoms with Gasteiger partial charge < -0.3 is 10.0 Å². The summed E-state index contributed by atoms with van der Waals surface area (Å²) in [6.45, 7) is 3.51. The molecule has 6 heteroatoms. The van der Waals surface area contributed by atoms with Crippen molar-refractivity contribution in [3.05, 3.63) is 33.3 Å². The molecule has 0 radical (unpaired) electrons. The molecule has 0 aliphatic rings. The zero-order valence-electron chi connectivity index (χ0n) is 9.93. The van der Waals surface area contributed by atoms with Gasteiger partial charge in [-0.15, -0.1) is 0 Å². The van der Waals surface area contributed by atoms with Gasteiger partial charge in [0, 0.05) is 10.5 Å². The van der Waals surface area contributed by atoms with Crippen LogP contribution in [0.5, 0.6) is 0 Å². The standard InChI is InChI=1S/C12H13BrClNO3/c1-7(2)15(6-16)11(12(17)18)8-3-4-9(13)10(14)5-8/h3-7,11H,1-2H3,(H,17,18). The van der Waals surface area contributed by atoms with E-state index in [-0.39, 0.29) is 6.04 Å². The second-order valence-corrected chi connectivity index (χ2v) is 5.32. The van der Waals surface area contributed by atoms with Crippen molar-refractivity contribution in [3.63, 3.8) is 0 Å². The topological polar surface area (TPSA) is 57.6 Å². The highest BCUT2D eigenvalue weighted by atomic mass is 79.9. The van der Waals surface area contributed by atoms with Crippen LogP contribution in [-0.2, 0) is 9.59 Å². The number of carbonyl (C=O) groups is 2. The van der Waals surface area contributed by atoms with Crippen molar-refractivity contribution in [2.24, 2.45) is 0 Å². The molecule has 0 aromatic heterocycles. The Bertz CT molecular complexity index is 465. The minimum atomic E-state index is -1.09. The molecule has 0 spiro atoms. The summed E-state index contributed by atoms with van der Waals surface area (Å²) >= 11 is 9.18. The van der Waals surface area contributed by atoms with Crippen LogP contribution in [0.4, 0.5) is 0 Å². The fourth-order valence-corrected chi connectivity index (χ4v) is 2.04. The number of benzene rings is 1. The van der Waals surface area contributed by atoms with Crippen molar-refractivity contribution in [1.29, 1.82) is 0 Å². The number of carboxylic acids is 1. The molecule has 1 atom stereocenters. The van der Waals surface area contributed by atoms with E-state index >= 15 is 0 Å². The fraction of sp³-hybridized carbons (Fsp3) is 0.333. The normalized spacial score (nSPS) is 12.3. The third kappa shape index (κ3) is 3.23. The molecular formula is C12H13BrClNO3. The molecule has 1 N–H and O–H groups in total. The smallest absolute Gasteiger partial charge is 0.331 e. The number of rotatable bonds is 5. The second-order valence-electron chi connectivity index (χ2n) is 4.06. The molecular weight excluding hydrogens is 321 g/mol. The minimum absolute atomic E-state index is 0.217. The number of carbonyl (C=O) groups excluding carboxylic acids is 1. The maximum atomic E-state index is 11.3. The molecule has 0 saturated heterocycles. The minimum Gasteiger partial charge on any atom is -0.479 e. The maximum Gasteiger partial charge on any atom is 0.331 e. The molecule has 0 fully saturated rings. The van der Waals surface area contributed by atoms with Gasteiger partial charge in [0.15, 0.2) is 6.04 Å². The first-order valence-corrected chi connectivity index (χ1v) is 6.46. The van der Waals surface area contributed by atoms with Gasteiger partial charge in [-0.25, -0.2) is 4.79 Å². The largest absolute Gasteiger partial charge is 0.479 e. The average molecular weight is 335 g/mol. The molecule has 1 aromatic rings. The van der Waals surface area contributed by atoms with Gasteiger partial charge in [-0.05, 0) is 47.5 Å². The van der Waals surface area contributed by atoms with Crippen LogP contribution in [0.25, 0.3) is 0 Å². The Morgan fingerprint density at radius 1 is 1.50 bits per heavy atom. The number of halogens is 2. The second kappa shape index (κ2) is 6.20. The van der Waals surface area contributed by atoms with Crippen LogP contribution in [-0.4, -0.2) is 28.4 Å². The van der Waals surface area contributed by atoms with E-state index < -0.39 is 12.0 Å². The van der Waals surface area contributed by atoms with E-state index in [1.54, 1.807) is 32.0 Å². The van der Waals surface area contributed by atoms with E-state index in [2.05, 4.69) is 15.9 Å². The summed E-state index contributed by atoms with van der Waals surface area (Å²) in [4.78, 5) is 23.6. The summed E-state index contributed by atoms with van der Waals surface area (Å²) in [5, 5.41) is 9.69. The van der Waals surface area contributed by atoms with E-state index in [4.69, 9.17) is 11.6 Å². The summed E-state index contributed by atoms with van der Waals surface area (Å²) in [6.07, 6.45) is 0.541. The lowest BCUT2D eigenvalue weighted by atomic mass is 10.0. The molecule has 0 aliphatic heterocycles. The van der Waals surface area contributed by atoms with Gasteiger partial charge in [-0.3, -0.25) is 4.79 Å². The predicted octanol–water partition coefficient (Wildman–Crippen LogP) is 3.10. The Hall–Kier alpha value is -1.07. The molecule has 4 nitrogen and oxygen atoms in total. The highest BCUT2D eigenvalue weighted by Crippen LogP contribution is 2.29. The van der Waals surface area contributed by atoms with Crippen LogP contribution in [0.2, 0.25) is 5.02 Å². The third-order valence-electron chi connectivity index (χ3n) is 2.51. The highest BCUT2D eigenvalue weighted by Gasteiger charge is 2.28. The monoisotopic (exact) mass is 333 g/mol. The Kier molecular flexibility index (Phi) is 5.16. The first-order chi connectivity index (χ1) is 8.38. The van der Waals surface area contributed by atoms with Crippen LogP contribution in [0.1, 0.15) is 25.5 Å². The van der Waals surface area contributed by atoms with Crippen LogP contribution >= 0.6 is 27.5 Å². The van der Waals surface area contributed by atoms with Gasteiger partial charge in [-0.1, -0.05) is 17.7 Å². The Balaban J connectivity index is 3.23. The van der Waals surface area contributed by atoms with E-state index in [0.717, 1.165) is 0 Å². The molecule has 0 saturated carbocycles. The van der Waals surface area contributed by atoms with Crippen molar-refractivity contribution in [2.75, 3.05) is 0 Å². The molecule has 1 rings (SSSR count). The van der Waals surface area contributed by atoms with Crippen molar-refractivity contribution >= 4 is 39.9 Å². The first kappa shape index (κ1) is 15.0. The van der Waals surface area contributed by atoms with Crippen LogP contribution in [0.15, 0.2) is 22.7 Å². The quantitative estimate of drug-likeness (QED) is 0.842. The zero-order valence-corrected chi connectivity index (χ0v) is 12.3. The molecule has 98 valence electrons. The van der Waals surface area contributed by atoms with E-state index in [9.17, 15) is 14.7 Å². The van der Waals surface area contributed by atoms with Crippen molar-refractivity contribution < 1.29 is 14.7 Å². The summed E-state index contributed by atoms with van der Waals surface area (Å²) in [5.41, 5.74) is 0.469. The van der Waals surface area contributed by atoms with E-state index in [1.807, 2.05) is 0 Å². The number of aliphatic carboxylic acids is 1. The summed E-state index contributed by atoms with van der Waals surface area (Å²) in [7, 11) is 0. The van der Waals surface area contributed by atoms with Crippen LogP contribution < -0.4 is 0 Å². The van der Waals surface area contributed by atoms with Crippen molar-refractivity contribution in [3.8, 4) is 0 Å². The van der Waals surface area contributed by atoms with Crippen molar-refractivity contribution in [2.45, 2.75) is 25.9 Å². The predicted molar refractivity (Wildman–Crippen MR) is 72.6 cm³/mol. The van der Waals surface area contributed by atoms with Gasteiger partial charge in [0.1, 0.15) is 0 Å².